The van der Waals surface area contributed by atoms with E-state index in [2.05, 4.69) is 124 Å². The fraction of sp³-hybridized carbons (Fsp3) is 0.649. The number of esters is 2. The molecular formula is C57H94O5. The second kappa shape index (κ2) is 51.9. The van der Waals surface area contributed by atoms with E-state index >= 15 is 0 Å². The smallest absolute Gasteiger partial charge is 0.306 e. The van der Waals surface area contributed by atoms with Gasteiger partial charge in [-0.3, -0.25) is 9.59 Å². The molecule has 0 bridgehead atoms. The van der Waals surface area contributed by atoms with Gasteiger partial charge in [0, 0.05) is 19.4 Å². The van der Waals surface area contributed by atoms with Gasteiger partial charge in [-0.25, -0.2) is 0 Å². The number of ether oxygens (including phenoxy) is 3. The number of unbranched alkanes of at least 4 members (excludes halogenated alkanes) is 16. The van der Waals surface area contributed by atoms with Crippen LogP contribution in [0.25, 0.3) is 0 Å². The number of hydrogen-bond acceptors (Lipinski definition) is 5. The molecule has 1 atom stereocenters. The van der Waals surface area contributed by atoms with E-state index in [9.17, 15) is 9.59 Å². The molecule has 0 aromatic rings. The van der Waals surface area contributed by atoms with Gasteiger partial charge in [0.1, 0.15) is 6.61 Å². The van der Waals surface area contributed by atoms with Gasteiger partial charge in [0.25, 0.3) is 0 Å². The van der Waals surface area contributed by atoms with Crippen LogP contribution in [0, 0.1) is 0 Å². The molecule has 0 saturated heterocycles. The van der Waals surface area contributed by atoms with Gasteiger partial charge in [0.05, 0.1) is 6.61 Å². The van der Waals surface area contributed by atoms with E-state index in [1.807, 2.05) is 6.08 Å². The van der Waals surface area contributed by atoms with Crippen molar-refractivity contribution in [1.82, 2.24) is 0 Å². The summed E-state index contributed by atoms with van der Waals surface area (Å²) >= 11 is 0. The molecule has 0 fully saturated rings. The Labute approximate surface area is 383 Å². The molecule has 0 aliphatic heterocycles. The first-order valence-electron chi connectivity index (χ1n) is 25.4. The molecule has 5 heteroatoms. The van der Waals surface area contributed by atoms with Crippen molar-refractivity contribution < 1.29 is 23.8 Å². The summed E-state index contributed by atoms with van der Waals surface area (Å²) in [5, 5.41) is 0. The summed E-state index contributed by atoms with van der Waals surface area (Å²) in [5.74, 6) is -0.520. The normalized spacial score (nSPS) is 13.1. The van der Waals surface area contributed by atoms with Crippen molar-refractivity contribution in [2.45, 2.75) is 219 Å². The van der Waals surface area contributed by atoms with Crippen molar-refractivity contribution >= 4 is 11.9 Å². The van der Waals surface area contributed by atoms with Gasteiger partial charge in [0.2, 0.25) is 0 Å². The summed E-state index contributed by atoms with van der Waals surface area (Å²) in [4.78, 5) is 25.3. The Hall–Kier alpha value is -3.44. The van der Waals surface area contributed by atoms with Crippen LogP contribution < -0.4 is 0 Å². The third kappa shape index (κ3) is 49.2. The molecule has 0 radical (unpaired) electrons. The lowest BCUT2D eigenvalue weighted by Crippen LogP contribution is -2.30. The van der Waals surface area contributed by atoms with Crippen LogP contribution in [0.3, 0.4) is 0 Å². The van der Waals surface area contributed by atoms with Gasteiger partial charge >= 0.3 is 11.9 Å². The minimum absolute atomic E-state index is 0.0312. The highest BCUT2D eigenvalue weighted by Crippen LogP contribution is 2.12. The van der Waals surface area contributed by atoms with Crippen molar-refractivity contribution in [3.63, 3.8) is 0 Å². The first kappa shape index (κ1) is 58.6. The molecule has 0 amide bonds. The van der Waals surface area contributed by atoms with Crippen LogP contribution in [0.2, 0.25) is 0 Å². The van der Waals surface area contributed by atoms with Crippen LogP contribution >= 0.6 is 0 Å². The highest BCUT2D eigenvalue weighted by atomic mass is 16.6. The van der Waals surface area contributed by atoms with Gasteiger partial charge in [-0.2, -0.15) is 0 Å². The standard InChI is InChI=1S/C57H94O5/c1-4-7-10-13-16-19-22-25-26-27-28-29-30-31-34-37-40-43-46-49-52-60-53-55(62-57(59)51-48-45-42-39-36-33-24-21-18-15-12-9-6-3)54-61-56(58)50-47-44-41-38-35-32-23-20-17-14-11-8-5-2/h8,11-12,15-17,19-21,24-26,28-29,32,35,41,44,55H,4-7,9-10,13-14,18,22-23,27,30-31,33-34,36-40,42-43,45-54H2,1-3H3/b11-8-,15-12-,19-16-,20-17-,24-21-,26-25-,29-28-,35-32-,44-41-. The molecule has 0 spiro atoms. The Kier molecular flexibility index (Phi) is 49.0. The molecule has 352 valence electrons. The number of carbonyl (C=O) groups is 2. The SMILES string of the molecule is CC/C=C\C/C=C\C/C=C\C/C=C\CCC(=O)OCC(COCCCCCCCCC/C=C\C/C=C\C/C=C\CCCCC)OC(=O)CCCCCCC/C=C\C/C=C\CCC. The van der Waals surface area contributed by atoms with Crippen LogP contribution in [-0.2, 0) is 23.8 Å². The molecule has 0 aromatic carbocycles. The first-order valence-corrected chi connectivity index (χ1v) is 25.4. The van der Waals surface area contributed by atoms with E-state index in [1.54, 1.807) is 0 Å². The number of rotatable bonds is 45. The zero-order chi connectivity index (χ0) is 44.9. The van der Waals surface area contributed by atoms with E-state index in [0.717, 1.165) is 89.9 Å². The van der Waals surface area contributed by atoms with E-state index in [1.165, 1.54) is 83.5 Å². The fourth-order valence-electron chi connectivity index (χ4n) is 6.51. The first-order chi connectivity index (χ1) is 30.6. The lowest BCUT2D eigenvalue weighted by molar-refractivity contribution is -0.162. The van der Waals surface area contributed by atoms with Gasteiger partial charge < -0.3 is 14.2 Å². The topological polar surface area (TPSA) is 61.8 Å². The maximum Gasteiger partial charge on any atom is 0.306 e. The van der Waals surface area contributed by atoms with E-state index in [0.29, 0.717) is 25.9 Å². The second-order valence-electron chi connectivity index (χ2n) is 16.3. The van der Waals surface area contributed by atoms with Crippen LogP contribution in [0.15, 0.2) is 109 Å². The predicted octanol–water partition coefficient (Wildman–Crippen LogP) is 17.2. The largest absolute Gasteiger partial charge is 0.462 e. The van der Waals surface area contributed by atoms with Gasteiger partial charge in [-0.05, 0) is 109 Å². The second-order valence-corrected chi connectivity index (χ2v) is 16.3. The quantitative estimate of drug-likeness (QED) is 0.0347. The molecule has 0 rings (SSSR count). The Morgan fingerprint density at radius 3 is 1.29 bits per heavy atom. The van der Waals surface area contributed by atoms with Crippen molar-refractivity contribution in [3.05, 3.63) is 109 Å². The lowest BCUT2D eigenvalue weighted by atomic mass is 10.1. The van der Waals surface area contributed by atoms with Gasteiger partial charge in [-0.15, -0.1) is 0 Å². The van der Waals surface area contributed by atoms with Crippen molar-refractivity contribution in [3.8, 4) is 0 Å². The van der Waals surface area contributed by atoms with E-state index in [-0.39, 0.29) is 25.2 Å². The van der Waals surface area contributed by atoms with Crippen LogP contribution in [0.5, 0.6) is 0 Å². The number of allylic oxidation sites excluding steroid dienone is 18. The van der Waals surface area contributed by atoms with Gasteiger partial charge in [0.15, 0.2) is 6.10 Å². The number of hydrogen-bond donors (Lipinski definition) is 0. The minimum atomic E-state index is -0.584. The lowest BCUT2D eigenvalue weighted by Gasteiger charge is -2.18. The third-order valence-corrected chi connectivity index (χ3v) is 10.3. The molecule has 0 aromatic heterocycles. The summed E-state index contributed by atoms with van der Waals surface area (Å²) in [6.07, 6.45) is 71.1. The molecule has 0 heterocycles. The molecule has 1 unspecified atom stereocenters. The summed E-state index contributed by atoms with van der Waals surface area (Å²) in [7, 11) is 0. The third-order valence-electron chi connectivity index (χ3n) is 10.3. The number of carbonyl (C=O) groups excluding carboxylic acids is 2. The zero-order valence-corrected chi connectivity index (χ0v) is 40.3. The minimum Gasteiger partial charge on any atom is -0.462 e. The van der Waals surface area contributed by atoms with Crippen molar-refractivity contribution in [1.29, 1.82) is 0 Å². The Morgan fingerprint density at radius 1 is 0.371 bits per heavy atom. The Morgan fingerprint density at radius 2 is 0.790 bits per heavy atom. The summed E-state index contributed by atoms with van der Waals surface area (Å²) in [6.45, 7) is 7.49. The predicted molar refractivity (Wildman–Crippen MR) is 269 cm³/mol. The van der Waals surface area contributed by atoms with Crippen LogP contribution in [0.1, 0.15) is 213 Å². The molecular weight excluding hydrogens is 765 g/mol. The molecule has 5 nitrogen and oxygen atoms in total. The highest BCUT2D eigenvalue weighted by Gasteiger charge is 2.17. The Bertz CT molecular complexity index is 1250. The molecule has 62 heavy (non-hydrogen) atoms. The van der Waals surface area contributed by atoms with E-state index < -0.39 is 6.10 Å². The average Bonchev–Trinajstić information content (AvgIpc) is 3.27. The van der Waals surface area contributed by atoms with Crippen molar-refractivity contribution in [2.75, 3.05) is 19.8 Å². The summed E-state index contributed by atoms with van der Waals surface area (Å²) < 4.78 is 17.3. The molecule has 0 N–H and O–H groups in total. The van der Waals surface area contributed by atoms with Crippen LogP contribution in [0.4, 0.5) is 0 Å². The molecule has 0 aliphatic rings. The zero-order valence-electron chi connectivity index (χ0n) is 40.3. The maximum absolute atomic E-state index is 12.8. The van der Waals surface area contributed by atoms with E-state index in [4.69, 9.17) is 14.2 Å². The molecule has 0 aliphatic carbocycles. The van der Waals surface area contributed by atoms with Crippen molar-refractivity contribution in [2.24, 2.45) is 0 Å². The van der Waals surface area contributed by atoms with Gasteiger partial charge in [-0.1, -0.05) is 201 Å². The van der Waals surface area contributed by atoms with Crippen LogP contribution in [-0.4, -0.2) is 37.9 Å². The highest BCUT2D eigenvalue weighted by molar-refractivity contribution is 5.70. The maximum atomic E-state index is 12.8. The fourth-order valence-corrected chi connectivity index (χ4v) is 6.51. The molecule has 0 saturated carbocycles. The average molecular weight is 859 g/mol. The summed E-state index contributed by atoms with van der Waals surface area (Å²) in [6, 6.07) is 0. The summed E-state index contributed by atoms with van der Waals surface area (Å²) in [5.41, 5.74) is 0. The Balaban J connectivity index is 4.37. The monoisotopic (exact) mass is 859 g/mol.